The summed E-state index contributed by atoms with van der Waals surface area (Å²) in [6.45, 7) is 0. The van der Waals surface area contributed by atoms with Crippen molar-refractivity contribution < 1.29 is 0 Å². The quantitative estimate of drug-likeness (QED) is 0.384. The minimum atomic E-state index is 0.861. The molecule has 0 spiro atoms. The molecule has 4 aromatic heterocycles. The normalized spacial score (nSPS) is 14.3. The van der Waals surface area contributed by atoms with Crippen LogP contribution in [0.1, 0.15) is 0 Å². The van der Waals surface area contributed by atoms with Crippen LogP contribution in [0.4, 0.5) is 11.4 Å². The Balaban J connectivity index is 1.84. The minimum absolute atomic E-state index is 0.861. The lowest BCUT2D eigenvalue weighted by Crippen LogP contribution is -2.12. The third-order valence-corrected chi connectivity index (χ3v) is 7.74. The Morgan fingerprint density at radius 2 is 1.92 bits per heavy atom. The van der Waals surface area contributed by atoms with E-state index in [2.05, 4.69) is 43.3 Å². The Hall–Kier alpha value is -2.42. The van der Waals surface area contributed by atoms with Gasteiger partial charge in [-0.25, -0.2) is 4.99 Å². The molecule has 0 radical (unpaired) electrons. The first-order valence-corrected chi connectivity index (χ1v) is 9.90. The van der Waals surface area contributed by atoms with Gasteiger partial charge >= 0.3 is 0 Å². The molecule has 1 aromatic carbocycles. The van der Waals surface area contributed by atoms with Gasteiger partial charge in [0, 0.05) is 10.1 Å². The van der Waals surface area contributed by atoms with Crippen molar-refractivity contribution in [2.24, 2.45) is 20.4 Å². The zero-order valence-electron chi connectivity index (χ0n) is 11.8. The molecule has 7 rings (SSSR count). The zero-order valence-corrected chi connectivity index (χ0v) is 14.3. The van der Waals surface area contributed by atoms with Gasteiger partial charge in [-0.2, -0.15) is 0 Å². The average Bonchev–Trinajstić information content (AvgIpc) is 3.34. The fraction of sp³-hybridized carbons (Fsp3) is 0. The van der Waals surface area contributed by atoms with Crippen LogP contribution in [0.15, 0.2) is 43.3 Å². The van der Waals surface area contributed by atoms with Gasteiger partial charge in [-0.1, -0.05) is 0 Å². The van der Waals surface area contributed by atoms with Crippen LogP contribution in [0.3, 0.4) is 0 Å². The highest BCUT2D eigenvalue weighted by Gasteiger charge is 2.28. The molecule has 8 heteroatoms. The van der Waals surface area contributed by atoms with Crippen molar-refractivity contribution >= 4 is 75.9 Å². The highest BCUT2D eigenvalue weighted by Crippen LogP contribution is 2.45. The van der Waals surface area contributed by atoms with E-state index in [0.29, 0.717) is 0 Å². The molecule has 112 valence electrons. The topological polar surface area (TPSA) is 65.2 Å². The molecule has 0 fully saturated rings. The first kappa shape index (κ1) is 12.0. The number of rotatable bonds is 0. The van der Waals surface area contributed by atoms with Crippen LogP contribution in [0.5, 0.6) is 0 Å². The summed E-state index contributed by atoms with van der Waals surface area (Å²) >= 11 is 5.26. The molecule has 2 aliphatic rings. The van der Waals surface area contributed by atoms with Crippen LogP contribution in [-0.4, -0.2) is 4.98 Å². The predicted octanol–water partition coefficient (Wildman–Crippen LogP) is 5.22. The van der Waals surface area contributed by atoms with Gasteiger partial charge < -0.3 is 4.98 Å². The summed E-state index contributed by atoms with van der Waals surface area (Å²) in [6, 6.07) is 4.23. The van der Waals surface area contributed by atoms with E-state index in [1.54, 1.807) is 34.0 Å². The lowest BCUT2D eigenvalue weighted by molar-refractivity contribution is 1.08. The lowest BCUT2D eigenvalue weighted by atomic mass is 10.1. The summed E-state index contributed by atoms with van der Waals surface area (Å²) in [6.07, 6.45) is 0. The molecule has 0 atom stereocenters. The maximum Gasteiger partial charge on any atom is 0.127 e. The molecular formula is C16H5N5S3. The van der Waals surface area contributed by atoms with Crippen LogP contribution in [-0.2, 0) is 0 Å². The first-order chi connectivity index (χ1) is 11.9. The summed E-state index contributed by atoms with van der Waals surface area (Å²) < 4.78 is 3.83. The van der Waals surface area contributed by atoms with Crippen molar-refractivity contribution in [3.63, 3.8) is 0 Å². The molecule has 0 amide bonds. The van der Waals surface area contributed by atoms with E-state index < -0.39 is 0 Å². The van der Waals surface area contributed by atoms with Crippen LogP contribution in [0.25, 0.3) is 41.0 Å². The van der Waals surface area contributed by atoms with E-state index in [-0.39, 0.29) is 0 Å². The van der Waals surface area contributed by atoms with Gasteiger partial charge in [0.15, 0.2) is 0 Å². The van der Waals surface area contributed by atoms with E-state index in [1.807, 2.05) is 0 Å². The number of nitrogens with zero attached hydrogens (tertiary/aromatic N) is 4. The number of fused-ring (bicyclic) bond motifs is 12. The summed E-state index contributed by atoms with van der Waals surface area (Å²) in [7, 11) is 0. The Bertz CT molecular complexity index is 1510. The second-order valence-corrected chi connectivity index (χ2v) is 8.64. The number of H-pyrrole nitrogens is 1. The largest absolute Gasteiger partial charge is 0.351 e. The summed E-state index contributed by atoms with van der Waals surface area (Å²) in [4.78, 5) is 9.66. The Kier molecular flexibility index (Phi) is 1.90. The van der Waals surface area contributed by atoms with Gasteiger partial charge in [0.2, 0.25) is 0 Å². The molecule has 0 saturated heterocycles. The molecule has 0 unspecified atom stereocenters. The molecule has 0 bridgehead atoms. The highest BCUT2D eigenvalue weighted by molar-refractivity contribution is 7.32. The maximum absolute atomic E-state index is 4.87. The molecule has 2 aliphatic heterocycles. The smallest absolute Gasteiger partial charge is 0.127 e. The molecule has 0 saturated carbocycles. The fourth-order valence-electron chi connectivity index (χ4n) is 3.62. The second-order valence-electron chi connectivity index (χ2n) is 5.75. The fourth-order valence-corrected chi connectivity index (χ4v) is 6.82. The molecule has 1 N–H and O–H groups in total. The molecule has 5 nitrogen and oxygen atoms in total. The van der Waals surface area contributed by atoms with Gasteiger partial charge in [0.05, 0.1) is 41.9 Å². The summed E-state index contributed by atoms with van der Waals surface area (Å²) in [5.74, 6) is 0. The van der Waals surface area contributed by atoms with Crippen molar-refractivity contribution in [2.45, 2.75) is 0 Å². The standard InChI is InChI=1S/C16H5N5S3/c1-3-22-14-5(1)17-9-7(14)11-12(20-21-19-11)8-10(9)18-13-15-6(2-4-23-15)24-16(8)13/h1-4,18H. The van der Waals surface area contributed by atoms with Crippen LogP contribution >= 0.6 is 34.0 Å². The van der Waals surface area contributed by atoms with Crippen LogP contribution in [0.2, 0.25) is 0 Å². The van der Waals surface area contributed by atoms with Crippen molar-refractivity contribution in [3.8, 4) is 10.4 Å². The number of thiophene rings is 3. The van der Waals surface area contributed by atoms with Crippen molar-refractivity contribution in [1.29, 1.82) is 0 Å². The zero-order chi connectivity index (χ0) is 15.4. The van der Waals surface area contributed by atoms with Crippen molar-refractivity contribution in [1.82, 2.24) is 4.98 Å². The maximum atomic E-state index is 4.87. The molecule has 6 heterocycles. The van der Waals surface area contributed by atoms with Crippen molar-refractivity contribution in [2.75, 3.05) is 0 Å². The Morgan fingerprint density at radius 1 is 0.958 bits per heavy atom. The number of aromatic nitrogens is 1. The summed E-state index contributed by atoms with van der Waals surface area (Å²) in [5.41, 5.74) is 5.19. The predicted molar refractivity (Wildman–Crippen MR) is 98.9 cm³/mol. The number of benzene rings is 1. The molecule has 0 aliphatic carbocycles. The molecule has 24 heavy (non-hydrogen) atoms. The Labute approximate surface area is 145 Å². The van der Waals surface area contributed by atoms with E-state index >= 15 is 0 Å². The van der Waals surface area contributed by atoms with Crippen LogP contribution in [0, 0.1) is 0 Å². The van der Waals surface area contributed by atoms with Gasteiger partial charge in [0.25, 0.3) is 0 Å². The third-order valence-electron chi connectivity index (χ3n) is 4.59. The number of aromatic amines is 1. The first-order valence-electron chi connectivity index (χ1n) is 7.33. The second kappa shape index (κ2) is 3.80. The van der Waals surface area contributed by atoms with Gasteiger partial charge in [-0.15, -0.1) is 44.2 Å². The minimum Gasteiger partial charge on any atom is -0.351 e. The average molecular weight is 363 g/mol. The molecular weight excluding hydrogens is 358 g/mol. The number of hydrogen-bond acceptors (Lipinski definition) is 7. The monoisotopic (exact) mass is 363 g/mol. The van der Waals surface area contributed by atoms with E-state index in [0.717, 1.165) is 38.6 Å². The van der Waals surface area contributed by atoms with Gasteiger partial charge in [0.1, 0.15) is 11.0 Å². The van der Waals surface area contributed by atoms with Gasteiger partial charge in [-0.05, 0) is 28.1 Å². The van der Waals surface area contributed by atoms with E-state index in [1.165, 1.54) is 24.5 Å². The third kappa shape index (κ3) is 1.18. The number of hydrogen-bond donors (Lipinski definition) is 1. The van der Waals surface area contributed by atoms with E-state index in [9.17, 15) is 0 Å². The SMILES string of the molecule is c1cc2c(s1)-c1c3c(c4c([nH]c5c6sccc6sc54)c1=N2)=NN=N3. The van der Waals surface area contributed by atoms with Gasteiger partial charge in [-0.3, -0.25) is 0 Å². The molecule has 5 aromatic rings. The number of nitrogens with one attached hydrogen (secondary N) is 1. The lowest BCUT2D eigenvalue weighted by Gasteiger charge is -1.99. The van der Waals surface area contributed by atoms with Crippen LogP contribution < -0.4 is 10.7 Å². The highest BCUT2D eigenvalue weighted by atomic mass is 32.1. The Morgan fingerprint density at radius 3 is 2.92 bits per heavy atom. The van der Waals surface area contributed by atoms with Crippen molar-refractivity contribution in [3.05, 3.63) is 33.6 Å². The van der Waals surface area contributed by atoms with E-state index in [4.69, 9.17) is 4.99 Å². The summed E-state index contributed by atoms with van der Waals surface area (Å²) in [5, 5.41) is 19.8.